The van der Waals surface area contributed by atoms with Crippen molar-refractivity contribution >= 4 is 35.9 Å². The van der Waals surface area contributed by atoms with Crippen molar-refractivity contribution < 1.29 is 28.8 Å². The van der Waals surface area contributed by atoms with E-state index in [-0.39, 0.29) is 39.3 Å². The van der Waals surface area contributed by atoms with Crippen molar-refractivity contribution in [1.29, 1.82) is 0 Å². The van der Waals surface area contributed by atoms with Crippen molar-refractivity contribution in [1.82, 2.24) is 19.6 Å². The summed E-state index contributed by atoms with van der Waals surface area (Å²) in [6.07, 6.45) is 7.95. The first kappa shape index (κ1) is 21.9. The molecule has 0 saturated carbocycles. The first-order valence-electron chi connectivity index (χ1n) is 9.05. The third-order valence-corrected chi connectivity index (χ3v) is 4.46. The summed E-state index contributed by atoms with van der Waals surface area (Å²) in [7, 11) is 0. The van der Waals surface area contributed by atoms with Gasteiger partial charge in [-0.05, 0) is 13.0 Å². The molecular weight excluding hydrogens is 380 g/mol. The molecule has 2 aliphatic rings. The van der Waals surface area contributed by atoms with Gasteiger partial charge < -0.3 is 0 Å². The lowest BCUT2D eigenvalue weighted by Crippen LogP contribution is -2.45. The van der Waals surface area contributed by atoms with Crippen molar-refractivity contribution in [3.63, 3.8) is 0 Å². The summed E-state index contributed by atoms with van der Waals surface area (Å²) in [6.45, 7) is 2.70. The molecule has 0 atom stereocenters. The highest BCUT2D eigenvalue weighted by Crippen LogP contribution is 2.06. The first-order valence-corrected chi connectivity index (χ1v) is 9.05. The minimum absolute atomic E-state index is 0.0763. The quantitative estimate of drug-likeness (QED) is 0.240. The van der Waals surface area contributed by atoms with Crippen LogP contribution in [0.5, 0.6) is 0 Å². The Kier molecular flexibility index (Phi) is 7.72. The summed E-state index contributed by atoms with van der Waals surface area (Å²) in [6, 6.07) is 0. The van der Waals surface area contributed by atoms with Crippen LogP contribution in [0.3, 0.4) is 0 Å². The van der Waals surface area contributed by atoms with E-state index in [9.17, 15) is 28.8 Å². The van der Waals surface area contributed by atoms with Crippen LogP contribution >= 0.6 is 0 Å². The largest absolute Gasteiger partial charge is 0.298 e. The third kappa shape index (κ3) is 5.79. The summed E-state index contributed by atoms with van der Waals surface area (Å²) in [4.78, 5) is 74.8. The molecule has 0 aromatic carbocycles. The van der Waals surface area contributed by atoms with Crippen LogP contribution in [-0.2, 0) is 28.8 Å². The van der Waals surface area contributed by atoms with Gasteiger partial charge >= 0.3 is 0 Å². The normalized spacial score (nSPS) is 16.2. The Morgan fingerprint density at radius 1 is 0.828 bits per heavy atom. The fourth-order valence-electron chi connectivity index (χ4n) is 2.82. The van der Waals surface area contributed by atoms with E-state index in [1.54, 1.807) is 11.8 Å². The van der Waals surface area contributed by atoms with E-state index in [1.807, 2.05) is 0 Å². The Morgan fingerprint density at radius 2 is 1.28 bits per heavy atom. The molecule has 0 saturated heterocycles. The number of hydrogen-bond donors (Lipinski definition) is 0. The Bertz CT molecular complexity index is 719. The standard InChI is InChI=1S/C19H22N4O6/c1-2-3-15(25)21(14-24)11-8-20(9-12-22-16(26)4-5-17(22)27)10-13-23-18(28)6-7-19(23)29/h2-7,14H,8-13H2,1H3/b3-2-. The minimum Gasteiger partial charge on any atom is -0.298 e. The van der Waals surface area contributed by atoms with Gasteiger partial charge in [-0.15, -0.1) is 0 Å². The van der Waals surface area contributed by atoms with E-state index in [4.69, 9.17) is 0 Å². The van der Waals surface area contributed by atoms with Crippen LogP contribution in [0.15, 0.2) is 36.5 Å². The molecule has 0 unspecified atom stereocenters. The monoisotopic (exact) mass is 402 g/mol. The maximum absolute atomic E-state index is 11.9. The fraction of sp³-hybridized carbons (Fsp3) is 0.368. The Morgan fingerprint density at radius 3 is 1.66 bits per heavy atom. The van der Waals surface area contributed by atoms with Crippen molar-refractivity contribution in [2.45, 2.75) is 6.92 Å². The minimum atomic E-state index is -0.467. The average Bonchev–Trinajstić information content (AvgIpc) is 3.18. The number of amides is 6. The van der Waals surface area contributed by atoms with Crippen molar-refractivity contribution in [2.24, 2.45) is 0 Å². The summed E-state index contributed by atoms with van der Waals surface area (Å²) >= 11 is 0. The van der Waals surface area contributed by atoms with Gasteiger partial charge in [0, 0.05) is 63.6 Å². The fourth-order valence-corrected chi connectivity index (χ4v) is 2.82. The highest BCUT2D eigenvalue weighted by molar-refractivity contribution is 6.13. The average molecular weight is 402 g/mol. The summed E-state index contributed by atoms with van der Waals surface area (Å²) in [5.41, 5.74) is 0. The van der Waals surface area contributed by atoms with Crippen molar-refractivity contribution in [3.8, 4) is 0 Å². The maximum atomic E-state index is 11.9. The van der Waals surface area contributed by atoms with Crippen LogP contribution in [0.1, 0.15) is 6.92 Å². The zero-order valence-corrected chi connectivity index (χ0v) is 16.0. The topological polar surface area (TPSA) is 115 Å². The summed E-state index contributed by atoms with van der Waals surface area (Å²) in [5.74, 6) is -2.13. The van der Waals surface area contributed by atoms with Crippen LogP contribution in [-0.4, -0.2) is 94.8 Å². The van der Waals surface area contributed by atoms with E-state index in [2.05, 4.69) is 0 Å². The summed E-state index contributed by atoms with van der Waals surface area (Å²) < 4.78 is 0. The van der Waals surface area contributed by atoms with Gasteiger partial charge in [0.05, 0.1) is 0 Å². The van der Waals surface area contributed by atoms with Gasteiger partial charge in [0.25, 0.3) is 29.5 Å². The SMILES string of the molecule is C/C=C\C(=O)N(C=O)CCN(CCN1C(=O)C=CC1=O)CCN1C(=O)C=CC1=O. The van der Waals surface area contributed by atoms with E-state index in [1.165, 1.54) is 36.5 Å². The van der Waals surface area contributed by atoms with E-state index >= 15 is 0 Å². The van der Waals surface area contributed by atoms with Gasteiger partial charge in [-0.25, -0.2) is 0 Å². The molecule has 2 heterocycles. The number of nitrogens with zero attached hydrogens (tertiary/aromatic N) is 4. The van der Waals surface area contributed by atoms with Gasteiger partial charge in [-0.1, -0.05) is 6.08 Å². The van der Waals surface area contributed by atoms with Gasteiger partial charge in [0.2, 0.25) is 6.41 Å². The summed E-state index contributed by atoms with van der Waals surface area (Å²) in [5, 5.41) is 0. The lowest BCUT2D eigenvalue weighted by molar-refractivity contribution is -0.137. The zero-order valence-electron chi connectivity index (χ0n) is 16.0. The third-order valence-electron chi connectivity index (χ3n) is 4.46. The van der Waals surface area contributed by atoms with Crippen LogP contribution in [0, 0.1) is 0 Å². The molecule has 0 bridgehead atoms. The molecule has 0 radical (unpaired) electrons. The zero-order chi connectivity index (χ0) is 21.4. The Balaban J connectivity index is 1.97. The van der Waals surface area contributed by atoms with Crippen LogP contribution < -0.4 is 0 Å². The molecule has 0 aliphatic carbocycles. The molecule has 2 rings (SSSR count). The molecule has 0 fully saturated rings. The van der Waals surface area contributed by atoms with Gasteiger partial charge in [0.1, 0.15) is 0 Å². The van der Waals surface area contributed by atoms with Crippen molar-refractivity contribution in [2.75, 3.05) is 39.3 Å². The van der Waals surface area contributed by atoms with Crippen LogP contribution in [0.2, 0.25) is 0 Å². The van der Waals surface area contributed by atoms with Gasteiger partial charge in [-0.3, -0.25) is 48.4 Å². The Labute approximate surface area is 167 Å². The number of hydrogen-bond acceptors (Lipinski definition) is 7. The molecule has 2 aliphatic heterocycles. The molecule has 0 aromatic heterocycles. The molecule has 0 N–H and O–H groups in total. The van der Waals surface area contributed by atoms with Crippen LogP contribution in [0.4, 0.5) is 0 Å². The highest BCUT2D eigenvalue weighted by Gasteiger charge is 2.26. The van der Waals surface area contributed by atoms with Crippen LogP contribution in [0.25, 0.3) is 0 Å². The number of carbonyl (C=O) groups is 6. The molecular formula is C19H22N4O6. The smallest absolute Gasteiger partial charge is 0.253 e. The lowest BCUT2D eigenvalue weighted by atomic mass is 10.3. The molecule has 10 heteroatoms. The maximum Gasteiger partial charge on any atom is 0.253 e. The number of imide groups is 3. The lowest BCUT2D eigenvalue weighted by Gasteiger charge is -2.27. The number of rotatable bonds is 11. The number of carbonyl (C=O) groups excluding carboxylic acids is 6. The second-order valence-electron chi connectivity index (χ2n) is 6.30. The number of allylic oxidation sites excluding steroid dienone is 1. The van der Waals surface area contributed by atoms with Crippen molar-refractivity contribution in [3.05, 3.63) is 36.5 Å². The molecule has 6 amide bonds. The molecule has 10 nitrogen and oxygen atoms in total. The molecule has 0 spiro atoms. The predicted octanol–water partition coefficient (Wildman–Crippen LogP) is -1.30. The molecule has 0 aromatic rings. The predicted molar refractivity (Wildman–Crippen MR) is 101 cm³/mol. The second kappa shape index (κ2) is 10.2. The Hall–Kier alpha value is -3.40. The van der Waals surface area contributed by atoms with E-state index in [0.29, 0.717) is 6.41 Å². The van der Waals surface area contributed by atoms with Gasteiger partial charge in [-0.2, -0.15) is 0 Å². The van der Waals surface area contributed by atoms with Gasteiger partial charge in [0.15, 0.2) is 0 Å². The second-order valence-corrected chi connectivity index (χ2v) is 6.30. The first-order chi connectivity index (χ1) is 13.9. The highest BCUT2D eigenvalue weighted by atomic mass is 16.2. The van der Waals surface area contributed by atoms with E-state index in [0.717, 1.165) is 14.7 Å². The van der Waals surface area contributed by atoms with E-state index < -0.39 is 29.5 Å². The molecule has 154 valence electrons. The molecule has 29 heavy (non-hydrogen) atoms.